The van der Waals surface area contributed by atoms with E-state index in [4.69, 9.17) is 0 Å². The Hall–Kier alpha value is 0.830. The second kappa shape index (κ2) is 6.36. The van der Waals surface area contributed by atoms with Gasteiger partial charge in [-0.25, -0.2) is 0 Å². The first-order chi connectivity index (χ1) is 5.18. The smallest absolute Gasteiger partial charge is 0.00855 e. The topological polar surface area (TPSA) is 0 Å². The summed E-state index contributed by atoms with van der Waals surface area (Å²) in [6, 6.07) is 0. The molecule has 0 spiro atoms. The molecule has 0 rings (SSSR count). The highest BCUT2D eigenvalue weighted by atomic mass is 79.9. The fourth-order valence-corrected chi connectivity index (χ4v) is 2.40. The second-order valence-electron chi connectivity index (χ2n) is 3.24. The van der Waals surface area contributed by atoms with E-state index in [2.05, 4.69) is 36.7 Å². The fraction of sp³-hybridized carbons (Fsp3) is 1.00. The van der Waals surface area contributed by atoms with Gasteiger partial charge in [0.15, 0.2) is 0 Å². The van der Waals surface area contributed by atoms with Crippen LogP contribution in [-0.2, 0) is 0 Å². The summed E-state index contributed by atoms with van der Waals surface area (Å²) in [6.07, 6.45) is 2.62. The lowest BCUT2D eigenvalue weighted by molar-refractivity contribution is 0.353. The Balaban J connectivity index is 3.51. The molecule has 0 fully saturated rings. The van der Waals surface area contributed by atoms with Crippen LogP contribution in [-0.4, -0.2) is 16.8 Å². The summed E-state index contributed by atoms with van der Waals surface area (Å²) in [6.45, 7) is 6.86. The summed E-state index contributed by atoms with van der Waals surface area (Å²) in [5.74, 6) is 2.56. The van der Waals surface area contributed by atoms with Crippen molar-refractivity contribution in [2.24, 2.45) is 5.41 Å². The van der Waals surface area contributed by atoms with Gasteiger partial charge in [0, 0.05) is 5.33 Å². The van der Waals surface area contributed by atoms with E-state index >= 15 is 0 Å². The van der Waals surface area contributed by atoms with Crippen molar-refractivity contribution < 1.29 is 0 Å². The lowest BCUT2D eigenvalue weighted by Crippen LogP contribution is -2.17. The quantitative estimate of drug-likeness (QED) is 0.499. The maximum Gasteiger partial charge on any atom is 0.00855 e. The normalized spacial score (nSPS) is 16.4. The molecule has 0 aliphatic carbocycles. The van der Waals surface area contributed by atoms with Crippen molar-refractivity contribution in [1.29, 1.82) is 0 Å². The van der Waals surface area contributed by atoms with E-state index in [9.17, 15) is 0 Å². The highest BCUT2D eigenvalue weighted by Crippen LogP contribution is 2.29. The summed E-state index contributed by atoms with van der Waals surface area (Å²) < 4.78 is 0. The van der Waals surface area contributed by atoms with Crippen molar-refractivity contribution in [3.63, 3.8) is 0 Å². The number of rotatable bonds is 6. The fourth-order valence-electron chi connectivity index (χ4n) is 0.801. The van der Waals surface area contributed by atoms with Gasteiger partial charge in [0.25, 0.3) is 0 Å². The Morgan fingerprint density at radius 3 is 2.36 bits per heavy atom. The van der Waals surface area contributed by atoms with Crippen LogP contribution in [0.2, 0.25) is 0 Å². The molecule has 0 aliphatic heterocycles. The monoisotopic (exact) mass is 238 g/mol. The number of thioether (sulfide) groups is 1. The highest BCUT2D eigenvalue weighted by molar-refractivity contribution is 9.09. The maximum absolute atomic E-state index is 3.57. The van der Waals surface area contributed by atoms with E-state index in [0.717, 1.165) is 5.33 Å². The Kier molecular flexibility index (Phi) is 6.84. The number of halogens is 1. The number of hydrogen-bond acceptors (Lipinski definition) is 1. The largest absolute Gasteiger partial charge is 0.162 e. The zero-order chi connectivity index (χ0) is 8.74. The average molecular weight is 239 g/mol. The first-order valence-corrected chi connectivity index (χ1v) is 6.60. The Morgan fingerprint density at radius 2 is 2.00 bits per heavy atom. The molecule has 11 heavy (non-hydrogen) atoms. The average Bonchev–Trinajstić information content (AvgIpc) is 2.05. The molecule has 0 nitrogen and oxygen atoms in total. The standard InChI is InChI=1S/C9H19BrS/c1-4-9(3,8-10)6-7-11-5-2/h4-8H2,1-3H3. The van der Waals surface area contributed by atoms with Crippen LogP contribution in [0.1, 0.15) is 33.6 Å². The molecule has 0 heterocycles. The van der Waals surface area contributed by atoms with Crippen molar-refractivity contribution in [3.8, 4) is 0 Å². The molecule has 2 heteroatoms. The number of hydrogen-bond donors (Lipinski definition) is 0. The Labute approximate surface area is 83.6 Å². The molecule has 0 N–H and O–H groups in total. The van der Waals surface area contributed by atoms with E-state index in [1.54, 1.807) is 0 Å². The summed E-state index contributed by atoms with van der Waals surface area (Å²) in [5, 5.41) is 1.14. The lowest BCUT2D eigenvalue weighted by Gasteiger charge is -2.25. The molecule has 0 bridgehead atoms. The van der Waals surface area contributed by atoms with Crippen LogP contribution in [0.25, 0.3) is 0 Å². The maximum atomic E-state index is 3.57. The molecule has 1 unspecified atom stereocenters. The van der Waals surface area contributed by atoms with E-state index < -0.39 is 0 Å². The summed E-state index contributed by atoms with van der Waals surface area (Å²) >= 11 is 5.62. The molecule has 0 aliphatic rings. The van der Waals surface area contributed by atoms with Crippen LogP contribution in [0.5, 0.6) is 0 Å². The molecule has 0 aromatic rings. The Morgan fingerprint density at radius 1 is 1.36 bits per heavy atom. The highest BCUT2D eigenvalue weighted by Gasteiger charge is 2.19. The van der Waals surface area contributed by atoms with E-state index in [0.29, 0.717) is 5.41 Å². The molecule has 1 atom stereocenters. The van der Waals surface area contributed by atoms with Crippen molar-refractivity contribution in [2.45, 2.75) is 33.6 Å². The molecule has 0 radical (unpaired) electrons. The molecule has 0 saturated heterocycles. The summed E-state index contributed by atoms with van der Waals surface area (Å²) in [5.41, 5.74) is 0.530. The van der Waals surface area contributed by atoms with E-state index in [1.165, 1.54) is 24.3 Å². The van der Waals surface area contributed by atoms with Crippen LogP contribution in [0.4, 0.5) is 0 Å². The summed E-state index contributed by atoms with van der Waals surface area (Å²) in [7, 11) is 0. The van der Waals surface area contributed by atoms with Gasteiger partial charge in [-0.15, -0.1) is 0 Å². The first-order valence-electron chi connectivity index (χ1n) is 4.32. The third-order valence-corrected chi connectivity index (χ3v) is 4.49. The van der Waals surface area contributed by atoms with Gasteiger partial charge in [0.1, 0.15) is 0 Å². The van der Waals surface area contributed by atoms with Crippen molar-refractivity contribution in [2.75, 3.05) is 16.8 Å². The van der Waals surface area contributed by atoms with Crippen molar-refractivity contribution >= 4 is 27.7 Å². The predicted octanol–water partition coefficient (Wildman–Crippen LogP) is 3.94. The molecule has 0 aromatic heterocycles. The number of alkyl halides is 1. The molecule has 68 valence electrons. The Bertz CT molecular complexity index is 89.6. The summed E-state index contributed by atoms with van der Waals surface area (Å²) in [4.78, 5) is 0. The van der Waals surface area contributed by atoms with Crippen LogP contribution in [0, 0.1) is 5.41 Å². The molecule has 0 amide bonds. The molecular formula is C9H19BrS. The van der Waals surface area contributed by atoms with Gasteiger partial charge in [-0.05, 0) is 29.8 Å². The zero-order valence-electron chi connectivity index (χ0n) is 7.82. The van der Waals surface area contributed by atoms with Crippen LogP contribution < -0.4 is 0 Å². The van der Waals surface area contributed by atoms with Crippen molar-refractivity contribution in [1.82, 2.24) is 0 Å². The van der Waals surface area contributed by atoms with Gasteiger partial charge in [-0.1, -0.05) is 36.7 Å². The SMILES string of the molecule is CCSCCC(C)(CC)CBr. The second-order valence-corrected chi connectivity index (χ2v) is 5.20. The van der Waals surface area contributed by atoms with Crippen LogP contribution >= 0.6 is 27.7 Å². The predicted molar refractivity (Wildman–Crippen MR) is 59.8 cm³/mol. The first kappa shape index (κ1) is 11.8. The van der Waals surface area contributed by atoms with Crippen LogP contribution in [0.15, 0.2) is 0 Å². The van der Waals surface area contributed by atoms with Gasteiger partial charge >= 0.3 is 0 Å². The third kappa shape index (κ3) is 5.13. The minimum absolute atomic E-state index is 0.530. The van der Waals surface area contributed by atoms with E-state index in [1.807, 2.05) is 11.8 Å². The van der Waals surface area contributed by atoms with Gasteiger partial charge < -0.3 is 0 Å². The van der Waals surface area contributed by atoms with Crippen molar-refractivity contribution in [3.05, 3.63) is 0 Å². The molecule has 0 saturated carbocycles. The lowest BCUT2D eigenvalue weighted by atomic mass is 9.87. The third-order valence-electron chi connectivity index (χ3n) is 2.23. The zero-order valence-corrected chi connectivity index (χ0v) is 10.2. The molecule has 0 aromatic carbocycles. The molecular weight excluding hydrogens is 220 g/mol. The van der Waals surface area contributed by atoms with Gasteiger partial charge in [0.2, 0.25) is 0 Å². The van der Waals surface area contributed by atoms with Gasteiger partial charge in [-0.3, -0.25) is 0 Å². The minimum atomic E-state index is 0.530. The van der Waals surface area contributed by atoms with Gasteiger partial charge in [0.05, 0.1) is 0 Å². The van der Waals surface area contributed by atoms with E-state index in [-0.39, 0.29) is 0 Å². The minimum Gasteiger partial charge on any atom is -0.162 e. The van der Waals surface area contributed by atoms with Gasteiger partial charge in [-0.2, -0.15) is 11.8 Å². The van der Waals surface area contributed by atoms with Crippen LogP contribution in [0.3, 0.4) is 0 Å².